The van der Waals surface area contributed by atoms with Crippen molar-refractivity contribution in [3.05, 3.63) is 157 Å². The summed E-state index contributed by atoms with van der Waals surface area (Å²) in [4.78, 5) is 8.50. The second-order valence-corrected chi connectivity index (χ2v) is 13.2. The monoisotopic (exact) mass is 666 g/mol. The van der Waals surface area contributed by atoms with Crippen molar-refractivity contribution in [1.82, 2.24) is 9.97 Å². The third-order valence-corrected chi connectivity index (χ3v) is 9.98. The van der Waals surface area contributed by atoms with E-state index in [1.807, 2.05) is 12.1 Å². The molecule has 6 aromatic carbocycles. The molecule has 0 N–H and O–H groups in total. The molecule has 244 valence electrons. The van der Waals surface area contributed by atoms with Gasteiger partial charge >= 0.3 is 0 Å². The molecule has 3 heterocycles. The summed E-state index contributed by atoms with van der Waals surface area (Å²) in [7, 11) is 0. The van der Waals surface area contributed by atoms with E-state index in [1.165, 1.54) is 16.3 Å². The first-order chi connectivity index (χ1) is 25.6. The molecule has 0 saturated carbocycles. The van der Waals surface area contributed by atoms with E-state index in [0.29, 0.717) is 11.1 Å². The highest BCUT2D eigenvalue weighted by molar-refractivity contribution is 6.29. The lowest BCUT2D eigenvalue weighted by Crippen LogP contribution is -1.88. The molecule has 3 aromatic heterocycles. The summed E-state index contributed by atoms with van der Waals surface area (Å²) in [5.74, 6) is 0. The molecule has 0 aliphatic heterocycles. The van der Waals surface area contributed by atoms with Crippen LogP contribution in [0, 0.1) is 22.7 Å². The highest BCUT2D eigenvalue weighted by atomic mass is 16.3. The van der Waals surface area contributed by atoms with E-state index in [2.05, 4.69) is 132 Å². The molecule has 0 fully saturated rings. The lowest BCUT2D eigenvalue weighted by atomic mass is 9.90. The fourth-order valence-corrected chi connectivity index (χ4v) is 7.52. The molecule has 0 saturated heterocycles. The maximum atomic E-state index is 9.38. The lowest BCUT2D eigenvalue weighted by molar-refractivity contribution is 0.670. The van der Waals surface area contributed by atoms with Crippen LogP contribution in [0.1, 0.15) is 30.0 Å². The SMILES string of the molecule is CCCc1ccc2c(-c3ccc(-c4cncc(C#N)c4)cc3)cc3oc4cc(-c5ccc(-c6cncc(C#N)c6)cc5)c5ccccc5c4c3c2c1. The third-order valence-electron chi connectivity index (χ3n) is 9.98. The van der Waals surface area contributed by atoms with Crippen molar-refractivity contribution in [1.29, 1.82) is 10.5 Å². The summed E-state index contributed by atoms with van der Waals surface area (Å²) in [5.41, 5.74) is 12.3. The Morgan fingerprint density at radius 3 is 1.54 bits per heavy atom. The quantitative estimate of drug-likeness (QED) is 0.176. The van der Waals surface area contributed by atoms with Gasteiger partial charge in [0.1, 0.15) is 23.3 Å². The molecule has 0 amide bonds. The predicted octanol–water partition coefficient (Wildman–Crippen LogP) is 12.0. The van der Waals surface area contributed by atoms with E-state index < -0.39 is 0 Å². The van der Waals surface area contributed by atoms with Crippen LogP contribution < -0.4 is 0 Å². The fraction of sp³-hybridized carbons (Fsp3) is 0.0638. The number of furan rings is 1. The normalized spacial score (nSPS) is 11.3. The number of benzene rings is 6. The zero-order valence-corrected chi connectivity index (χ0v) is 28.4. The summed E-state index contributed by atoms with van der Waals surface area (Å²) in [6.07, 6.45) is 8.80. The van der Waals surface area contributed by atoms with Gasteiger partial charge in [-0.3, -0.25) is 9.97 Å². The van der Waals surface area contributed by atoms with E-state index >= 15 is 0 Å². The first kappa shape index (κ1) is 30.9. The summed E-state index contributed by atoms with van der Waals surface area (Å²) < 4.78 is 6.85. The average molecular weight is 667 g/mol. The van der Waals surface area contributed by atoms with Gasteiger partial charge in [-0.05, 0) is 91.2 Å². The Morgan fingerprint density at radius 1 is 0.500 bits per heavy atom. The van der Waals surface area contributed by atoms with Crippen LogP contribution in [0.15, 0.2) is 144 Å². The number of nitriles is 2. The predicted molar refractivity (Wildman–Crippen MR) is 209 cm³/mol. The largest absolute Gasteiger partial charge is 0.456 e. The number of hydrogen-bond acceptors (Lipinski definition) is 5. The van der Waals surface area contributed by atoms with Crippen LogP contribution in [0.2, 0.25) is 0 Å². The van der Waals surface area contributed by atoms with E-state index in [-0.39, 0.29) is 0 Å². The highest BCUT2D eigenvalue weighted by Crippen LogP contribution is 2.45. The second kappa shape index (κ2) is 12.7. The first-order valence-corrected chi connectivity index (χ1v) is 17.4. The number of aryl methyl sites for hydroxylation is 1. The molecule has 9 aromatic rings. The lowest BCUT2D eigenvalue weighted by Gasteiger charge is -2.12. The zero-order valence-electron chi connectivity index (χ0n) is 28.4. The minimum Gasteiger partial charge on any atom is -0.456 e. The molecule has 0 spiro atoms. The molecule has 0 aliphatic carbocycles. The number of pyridine rings is 2. The molecule has 0 bridgehead atoms. The van der Waals surface area contributed by atoms with Gasteiger partial charge in [-0.1, -0.05) is 104 Å². The Bertz CT molecular complexity index is 2930. The molecule has 9 rings (SSSR count). The number of hydrogen-bond donors (Lipinski definition) is 0. The van der Waals surface area contributed by atoms with Crippen molar-refractivity contribution in [3.8, 4) is 56.6 Å². The van der Waals surface area contributed by atoms with E-state index in [1.54, 1.807) is 24.8 Å². The highest BCUT2D eigenvalue weighted by Gasteiger charge is 2.20. The molecular weight excluding hydrogens is 637 g/mol. The fourth-order valence-electron chi connectivity index (χ4n) is 7.52. The summed E-state index contributed by atoms with van der Waals surface area (Å²) in [5, 5.41) is 25.7. The van der Waals surface area contributed by atoms with Crippen LogP contribution in [0.5, 0.6) is 0 Å². The maximum Gasteiger partial charge on any atom is 0.136 e. The Morgan fingerprint density at radius 2 is 1.00 bits per heavy atom. The van der Waals surface area contributed by atoms with Gasteiger partial charge in [0.05, 0.1) is 11.1 Å². The van der Waals surface area contributed by atoms with Crippen LogP contribution in [-0.2, 0) is 6.42 Å². The van der Waals surface area contributed by atoms with Gasteiger partial charge in [0, 0.05) is 46.7 Å². The molecule has 52 heavy (non-hydrogen) atoms. The van der Waals surface area contributed by atoms with Crippen molar-refractivity contribution >= 4 is 43.5 Å². The molecular formula is C47H30N4O. The third kappa shape index (κ3) is 5.24. The van der Waals surface area contributed by atoms with E-state index in [4.69, 9.17) is 4.42 Å². The number of rotatable bonds is 6. The van der Waals surface area contributed by atoms with E-state index in [9.17, 15) is 10.5 Å². The van der Waals surface area contributed by atoms with Gasteiger partial charge in [-0.15, -0.1) is 0 Å². The molecule has 0 atom stereocenters. The van der Waals surface area contributed by atoms with Crippen molar-refractivity contribution in [2.75, 3.05) is 0 Å². The van der Waals surface area contributed by atoms with Crippen molar-refractivity contribution in [3.63, 3.8) is 0 Å². The molecule has 0 radical (unpaired) electrons. The van der Waals surface area contributed by atoms with Crippen LogP contribution in [0.4, 0.5) is 0 Å². The minimum atomic E-state index is 0.539. The number of fused-ring (bicyclic) bond motifs is 7. The Labute approximate surface area is 300 Å². The summed E-state index contributed by atoms with van der Waals surface area (Å²) in [6, 6.07) is 44.8. The van der Waals surface area contributed by atoms with Gasteiger partial charge in [0.15, 0.2) is 0 Å². The van der Waals surface area contributed by atoms with Crippen molar-refractivity contribution < 1.29 is 4.42 Å². The van der Waals surface area contributed by atoms with Gasteiger partial charge in [-0.2, -0.15) is 10.5 Å². The topological polar surface area (TPSA) is 86.5 Å². The van der Waals surface area contributed by atoms with Crippen LogP contribution >= 0.6 is 0 Å². The molecule has 5 nitrogen and oxygen atoms in total. The van der Waals surface area contributed by atoms with Crippen LogP contribution in [-0.4, -0.2) is 9.97 Å². The minimum absolute atomic E-state index is 0.539. The standard InChI is InChI=1S/C47H30N4O/c1-2-5-29-8-17-39-42(35-15-11-33(12-16-35)37-19-31(24-49)26-51-28-37)22-45-47(43(39)20-29)46-40-7-4-3-6-38(40)41(21-44(46)52-45)34-13-9-32(10-14-34)36-18-30(23-48)25-50-27-36/h3-4,6-22,25-28H,2,5H2,1H3. The van der Waals surface area contributed by atoms with Crippen molar-refractivity contribution in [2.24, 2.45) is 0 Å². The molecule has 5 heteroatoms. The maximum absolute atomic E-state index is 9.38. The Kier molecular flexibility index (Phi) is 7.54. The second-order valence-electron chi connectivity index (χ2n) is 13.2. The Hall–Kier alpha value is -7.08. The molecule has 0 aliphatic rings. The summed E-state index contributed by atoms with van der Waals surface area (Å²) >= 11 is 0. The van der Waals surface area contributed by atoms with Gasteiger partial charge in [0.2, 0.25) is 0 Å². The number of aromatic nitrogens is 2. The van der Waals surface area contributed by atoms with Gasteiger partial charge < -0.3 is 4.42 Å². The van der Waals surface area contributed by atoms with Gasteiger partial charge in [-0.25, -0.2) is 0 Å². The van der Waals surface area contributed by atoms with Crippen LogP contribution in [0.25, 0.3) is 88.0 Å². The molecule has 0 unspecified atom stereocenters. The summed E-state index contributed by atoms with van der Waals surface area (Å²) in [6.45, 7) is 2.22. The smallest absolute Gasteiger partial charge is 0.136 e. The van der Waals surface area contributed by atoms with Crippen molar-refractivity contribution in [2.45, 2.75) is 19.8 Å². The number of nitrogens with zero attached hydrogens (tertiary/aromatic N) is 4. The zero-order chi connectivity index (χ0) is 35.2. The Balaban J connectivity index is 1.23. The van der Waals surface area contributed by atoms with Gasteiger partial charge in [0.25, 0.3) is 0 Å². The van der Waals surface area contributed by atoms with E-state index in [0.717, 1.165) is 90.1 Å². The average Bonchev–Trinajstić information content (AvgIpc) is 3.59. The van der Waals surface area contributed by atoms with Crippen LogP contribution in [0.3, 0.4) is 0 Å². The first-order valence-electron chi connectivity index (χ1n) is 17.4.